The maximum absolute atomic E-state index is 11.7. The molecule has 21 heavy (non-hydrogen) atoms. The fraction of sp³-hybridized carbons (Fsp3) is 0.235. The first kappa shape index (κ1) is 15.1. The number of aliphatic hydroxyl groups is 1. The van der Waals surface area contributed by atoms with Crippen molar-refractivity contribution in [1.29, 1.82) is 0 Å². The molecular weight excluding hydrogens is 266 g/mol. The number of rotatable bonds is 6. The van der Waals surface area contributed by atoms with Gasteiger partial charge in [0.2, 0.25) is 0 Å². The van der Waals surface area contributed by atoms with Gasteiger partial charge in [0.25, 0.3) is 0 Å². The molecule has 0 spiro atoms. The third-order valence-corrected chi connectivity index (χ3v) is 3.01. The number of ether oxygens (including phenoxy) is 1. The van der Waals surface area contributed by atoms with Gasteiger partial charge in [-0.25, -0.2) is 4.79 Å². The summed E-state index contributed by atoms with van der Waals surface area (Å²) < 4.78 is 5.16. The summed E-state index contributed by atoms with van der Waals surface area (Å²) in [6, 6.07) is 17.1. The summed E-state index contributed by atoms with van der Waals surface area (Å²) in [5.41, 5.74) is 2.72. The average Bonchev–Trinajstić information content (AvgIpc) is 2.52. The Hall–Kier alpha value is -2.33. The van der Waals surface area contributed by atoms with Gasteiger partial charge < -0.3 is 9.84 Å². The summed E-state index contributed by atoms with van der Waals surface area (Å²) in [5, 5.41) is 11.5. The molecule has 0 saturated carbocycles. The topological polar surface area (TPSA) is 58.6 Å². The molecule has 2 aromatic carbocycles. The molecule has 1 amide bonds. The van der Waals surface area contributed by atoms with Crippen molar-refractivity contribution in [2.24, 2.45) is 0 Å². The molecule has 2 aromatic rings. The van der Waals surface area contributed by atoms with Crippen LogP contribution >= 0.6 is 0 Å². The minimum absolute atomic E-state index is 0.163. The zero-order valence-corrected chi connectivity index (χ0v) is 11.8. The van der Waals surface area contributed by atoms with E-state index in [-0.39, 0.29) is 13.2 Å². The first-order valence-electron chi connectivity index (χ1n) is 6.95. The highest BCUT2D eigenvalue weighted by atomic mass is 16.5. The van der Waals surface area contributed by atoms with E-state index in [0.29, 0.717) is 12.1 Å². The highest BCUT2D eigenvalue weighted by molar-refractivity contribution is 5.84. The highest BCUT2D eigenvalue weighted by Crippen LogP contribution is 2.13. The molecule has 2 N–H and O–H groups in total. The molecule has 0 bridgehead atoms. The zero-order chi connectivity index (χ0) is 14.9. The lowest BCUT2D eigenvalue weighted by Gasteiger charge is -2.08. The van der Waals surface area contributed by atoms with Crippen LogP contribution in [0.3, 0.4) is 0 Å². The van der Waals surface area contributed by atoms with Crippen molar-refractivity contribution < 1.29 is 14.6 Å². The summed E-state index contributed by atoms with van der Waals surface area (Å²) in [5.74, 6) is 0. The minimum Gasteiger partial charge on any atom is -0.444 e. The van der Waals surface area contributed by atoms with E-state index < -0.39 is 6.09 Å². The first-order chi connectivity index (χ1) is 10.3. The van der Waals surface area contributed by atoms with Gasteiger partial charge >= 0.3 is 6.09 Å². The largest absolute Gasteiger partial charge is 0.444 e. The standard InChI is InChI=1S/C17H19NO3/c19-11-5-9-14-8-4-10-16(12-14)18-17(20)21-13-15-6-2-1-3-7-15/h1-4,6-8,10,12,19H,5,9,11,13H2,(H,18,20). The van der Waals surface area contributed by atoms with Crippen LogP contribution in [-0.2, 0) is 17.8 Å². The lowest BCUT2D eigenvalue weighted by molar-refractivity contribution is 0.155. The Bertz CT molecular complexity index is 569. The summed E-state index contributed by atoms with van der Waals surface area (Å²) in [6.45, 7) is 0.410. The second kappa shape index (κ2) is 8.07. The summed E-state index contributed by atoms with van der Waals surface area (Å²) in [6.07, 6.45) is 1.02. The summed E-state index contributed by atoms with van der Waals surface area (Å²) in [7, 11) is 0. The number of carbonyl (C=O) groups excluding carboxylic acids is 1. The lowest BCUT2D eigenvalue weighted by atomic mass is 10.1. The van der Waals surface area contributed by atoms with Gasteiger partial charge in [0.05, 0.1) is 0 Å². The molecule has 0 aliphatic heterocycles. The van der Waals surface area contributed by atoms with E-state index in [1.165, 1.54) is 0 Å². The minimum atomic E-state index is -0.474. The number of anilines is 1. The molecule has 0 aliphatic carbocycles. The van der Waals surface area contributed by atoms with Gasteiger partial charge in [-0.2, -0.15) is 0 Å². The van der Waals surface area contributed by atoms with Crippen molar-refractivity contribution >= 4 is 11.8 Å². The second-order valence-electron chi connectivity index (χ2n) is 4.71. The number of carbonyl (C=O) groups is 1. The van der Waals surface area contributed by atoms with Crippen LogP contribution in [0.5, 0.6) is 0 Å². The van der Waals surface area contributed by atoms with Crippen LogP contribution in [-0.4, -0.2) is 17.8 Å². The quantitative estimate of drug-likeness (QED) is 0.855. The van der Waals surface area contributed by atoms with E-state index in [1.807, 2.05) is 54.6 Å². The fourth-order valence-electron chi connectivity index (χ4n) is 1.96. The lowest BCUT2D eigenvalue weighted by Crippen LogP contribution is -2.13. The molecule has 4 heteroatoms. The second-order valence-corrected chi connectivity index (χ2v) is 4.71. The molecule has 2 rings (SSSR count). The van der Waals surface area contributed by atoms with Crippen LogP contribution in [0.25, 0.3) is 0 Å². The molecule has 0 aliphatic rings. The predicted octanol–water partition coefficient (Wildman–Crippen LogP) is 3.36. The molecule has 0 heterocycles. The van der Waals surface area contributed by atoms with Crippen molar-refractivity contribution in [3.8, 4) is 0 Å². The number of hydrogen-bond donors (Lipinski definition) is 2. The molecule has 0 atom stereocenters. The van der Waals surface area contributed by atoms with Gasteiger partial charge in [0.1, 0.15) is 6.61 Å². The maximum Gasteiger partial charge on any atom is 0.411 e. The van der Waals surface area contributed by atoms with Crippen molar-refractivity contribution in [1.82, 2.24) is 0 Å². The van der Waals surface area contributed by atoms with E-state index in [0.717, 1.165) is 17.5 Å². The van der Waals surface area contributed by atoms with Crippen LogP contribution in [0.1, 0.15) is 17.5 Å². The van der Waals surface area contributed by atoms with Crippen LogP contribution < -0.4 is 5.32 Å². The third-order valence-electron chi connectivity index (χ3n) is 3.01. The SMILES string of the molecule is O=C(Nc1cccc(CCCO)c1)OCc1ccccc1. The van der Waals surface area contributed by atoms with Crippen LogP contribution in [0.15, 0.2) is 54.6 Å². The van der Waals surface area contributed by atoms with Gasteiger partial charge in [-0.15, -0.1) is 0 Å². The Morgan fingerprint density at radius 1 is 1.05 bits per heavy atom. The summed E-state index contributed by atoms with van der Waals surface area (Å²) in [4.78, 5) is 11.7. The molecular formula is C17H19NO3. The Kier molecular flexibility index (Phi) is 5.79. The molecule has 4 nitrogen and oxygen atoms in total. The monoisotopic (exact) mass is 285 g/mol. The average molecular weight is 285 g/mol. The van der Waals surface area contributed by atoms with Crippen LogP contribution in [0.4, 0.5) is 10.5 Å². The molecule has 0 aromatic heterocycles. The summed E-state index contributed by atoms with van der Waals surface area (Å²) >= 11 is 0. The molecule has 0 saturated heterocycles. The number of nitrogens with one attached hydrogen (secondary N) is 1. The van der Waals surface area contributed by atoms with E-state index in [2.05, 4.69) is 5.32 Å². The molecule has 110 valence electrons. The number of hydrogen-bond acceptors (Lipinski definition) is 3. The van der Waals surface area contributed by atoms with Crippen LogP contribution in [0, 0.1) is 0 Å². The molecule has 0 unspecified atom stereocenters. The number of benzene rings is 2. The first-order valence-corrected chi connectivity index (χ1v) is 6.95. The zero-order valence-electron chi connectivity index (χ0n) is 11.8. The van der Waals surface area contributed by atoms with Crippen molar-refractivity contribution in [3.05, 3.63) is 65.7 Å². The van der Waals surface area contributed by atoms with Gasteiger partial charge in [-0.1, -0.05) is 42.5 Å². The van der Waals surface area contributed by atoms with E-state index in [1.54, 1.807) is 0 Å². The molecule has 0 radical (unpaired) electrons. The van der Waals surface area contributed by atoms with E-state index in [9.17, 15) is 4.79 Å². The third kappa shape index (κ3) is 5.28. The highest BCUT2D eigenvalue weighted by Gasteiger charge is 2.04. The van der Waals surface area contributed by atoms with E-state index in [4.69, 9.17) is 9.84 Å². The number of amides is 1. The van der Waals surface area contributed by atoms with E-state index >= 15 is 0 Å². The van der Waals surface area contributed by atoms with Crippen LogP contribution in [0.2, 0.25) is 0 Å². The Labute approximate surface area is 124 Å². The Morgan fingerprint density at radius 2 is 1.81 bits per heavy atom. The maximum atomic E-state index is 11.7. The number of aryl methyl sites for hydroxylation is 1. The fourth-order valence-corrected chi connectivity index (χ4v) is 1.96. The number of aliphatic hydroxyl groups excluding tert-OH is 1. The van der Waals surface area contributed by atoms with Gasteiger partial charge in [-0.3, -0.25) is 5.32 Å². The predicted molar refractivity (Wildman–Crippen MR) is 82.1 cm³/mol. The Balaban J connectivity index is 1.84. The van der Waals surface area contributed by atoms with Crippen molar-refractivity contribution in [3.63, 3.8) is 0 Å². The van der Waals surface area contributed by atoms with Crippen molar-refractivity contribution in [2.75, 3.05) is 11.9 Å². The normalized spacial score (nSPS) is 10.1. The van der Waals surface area contributed by atoms with Crippen molar-refractivity contribution in [2.45, 2.75) is 19.4 Å². The molecule has 0 fully saturated rings. The van der Waals surface area contributed by atoms with Gasteiger partial charge in [0, 0.05) is 12.3 Å². The Morgan fingerprint density at radius 3 is 2.57 bits per heavy atom. The van der Waals surface area contributed by atoms with Gasteiger partial charge in [0.15, 0.2) is 0 Å². The smallest absolute Gasteiger partial charge is 0.411 e. The van der Waals surface area contributed by atoms with Gasteiger partial charge in [-0.05, 0) is 36.1 Å².